The summed E-state index contributed by atoms with van der Waals surface area (Å²) in [5, 5.41) is 9.00. The van der Waals surface area contributed by atoms with Crippen LogP contribution >= 0.6 is 12.4 Å². The Hall–Kier alpha value is -1.14. The van der Waals surface area contributed by atoms with Crippen molar-refractivity contribution in [1.82, 2.24) is 10.9 Å². The van der Waals surface area contributed by atoms with Crippen LogP contribution in [0, 0.1) is 0 Å². The molecule has 88 valence electrons. The summed E-state index contributed by atoms with van der Waals surface area (Å²) in [6.45, 7) is 0. The third-order valence-electron chi connectivity index (χ3n) is 2.60. The summed E-state index contributed by atoms with van der Waals surface area (Å²) in [5.41, 5.74) is 12.2. The normalized spacial score (nSPS) is 28.4. The highest BCUT2D eigenvalue weighted by atomic mass is 35.5. The van der Waals surface area contributed by atoms with Crippen LogP contribution in [-0.2, 0) is 4.79 Å². The second kappa shape index (κ2) is 5.27. The first-order valence-corrected chi connectivity index (χ1v) is 4.74. The highest BCUT2D eigenvalue weighted by molar-refractivity contribution is 5.85. The molecule has 6 heteroatoms. The average molecular weight is 244 g/mol. The van der Waals surface area contributed by atoms with Gasteiger partial charge in [-0.1, -0.05) is 30.3 Å². The second-order valence-electron chi connectivity index (χ2n) is 3.57. The predicted octanol–water partition coefficient (Wildman–Crippen LogP) is 0.0378. The van der Waals surface area contributed by atoms with Crippen LogP contribution in [0.3, 0.4) is 0 Å². The van der Waals surface area contributed by atoms with E-state index in [2.05, 4.69) is 10.9 Å². The van der Waals surface area contributed by atoms with Crippen LogP contribution < -0.4 is 16.6 Å². The molecule has 0 saturated carbocycles. The first-order valence-electron chi connectivity index (χ1n) is 4.74. The zero-order valence-corrected chi connectivity index (χ0v) is 9.28. The molecular weight excluding hydrogens is 230 g/mol. The molecule has 5 nitrogen and oxygen atoms in total. The van der Waals surface area contributed by atoms with Crippen LogP contribution in [0.15, 0.2) is 30.3 Å². The Balaban J connectivity index is 0.00000128. The second-order valence-corrected chi connectivity index (χ2v) is 3.57. The number of benzene rings is 1. The third-order valence-corrected chi connectivity index (χ3v) is 2.60. The highest BCUT2D eigenvalue weighted by Gasteiger charge is 2.39. The van der Waals surface area contributed by atoms with E-state index < -0.39 is 12.0 Å². The Bertz CT molecular complexity index is 360. The van der Waals surface area contributed by atoms with Crippen LogP contribution in [0.1, 0.15) is 11.5 Å². The molecule has 0 radical (unpaired) electrons. The lowest BCUT2D eigenvalue weighted by atomic mass is 9.91. The van der Waals surface area contributed by atoms with Crippen LogP contribution in [0.2, 0.25) is 0 Å². The smallest absolute Gasteiger partial charge is 0.322 e. The number of carboxylic acid groups (broad SMARTS) is 1. The fourth-order valence-electron chi connectivity index (χ4n) is 1.86. The molecule has 0 aromatic heterocycles. The Morgan fingerprint density at radius 2 is 1.88 bits per heavy atom. The zero-order chi connectivity index (χ0) is 10.8. The molecule has 3 unspecified atom stereocenters. The molecule has 2 rings (SSSR count). The average Bonchev–Trinajstić information content (AvgIpc) is 2.61. The molecule has 1 fully saturated rings. The fraction of sp³-hybridized carbons (Fsp3) is 0.300. The zero-order valence-electron chi connectivity index (χ0n) is 8.46. The monoisotopic (exact) mass is 243 g/mol. The molecule has 1 aliphatic rings. The van der Waals surface area contributed by atoms with Crippen molar-refractivity contribution < 1.29 is 9.90 Å². The molecule has 1 heterocycles. The summed E-state index contributed by atoms with van der Waals surface area (Å²) < 4.78 is 0. The van der Waals surface area contributed by atoms with Crippen molar-refractivity contribution in [2.75, 3.05) is 0 Å². The van der Waals surface area contributed by atoms with Crippen molar-refractivity contribution in [2.45, 2.75) is 18.1 Å². The molecular formula is C10H14ClN3O2. The number of hydrogen-bond acceptors (Lipinski definition) is 4. The van der Waals surface area contributed by atoms with Crippen molar-refractivity contribution in [3.8, 4) is 0 Å². The Morgan fingerprint density at radius 1 is 1.25 bits per heavy atom. The molecule has 0 spiro atoms. The first-order chi connectivity index (χ1) is 7.20. The van der Waals surface area contributed by atoms with Gasteiger partial charge in [0.2, 0.25) is 0 Å². The van der Waals surface area contributed by atoms with Crippen LogP contribution in [-0.4, -0.2) is 23.3 Å². The number of hydrazine groups is 1. The number of carbonyl (C=O) groups is 1. The number of halogens is 1. The topological polar surface area (TPSA) is 87.4 Å². The fourth-order valence-corrected chi connectivity index (χ4v) is 1.86. The molecule has 0 aliphatic carbocycles. The summed E-state index contributed by atoms with van der Waals surface area (Å²) in [5.74, 6) is -1.15. The van der Waals surface area contributed by atoms with Crippen LogP contribution in [0.4, 0.5) is 0 Å². The number of rotatable bonds is 2. The lowest BCUT2D eigenvalue weighted by Crippen LogP contribution is -2.39. The van der Waals surface area contributed by atoms with Crippen LogP contribution in [0.25, 0.3) is 0 Å². The Labute approximate surface area is 99.4 Å². The largest absolute Gasteiger partial charge is 0.480 e. The third kappa shape index (κ3) is 2.33. The maximum Gasteiger partial charge on any atom is 0.322 e. The van der Waals surface area contributed by atoms with E-state index in [1.54, 1.807) is 0 Å². The molecule has 0 amide bonds. The van der Waals surface area contributed by atoms with E-state index >= 15 is 0 Å². The number of nitrogens with two attached hydrogens (primary N) is 1. The van der Waals surface area contributed by atoms with Gasteiger partial charge in [0.05, 0.1) is 6.17 Å². The van der Waals surface area contributed by atoms with Crippen LogP contribution in [0.5, 0.6) is 0 Å². The van der Waals surface area contributed by atoms with Gasteiger partial charge in [-0.2, -0.15) is 0 Å². The minimum atomic E-state index is -0.899. The van der Waals surface area contributed by atoms with E-state index in [9.17, 15) is 4.79 Å². The maximum atomic E-state index is 11.0. The maximum absolute atomic E-state index is 11.0. The molecule has 5 N–H and O–H groups in total. The Kier molecular flexibility index (Phi) is 4.26. The van der Waals surface area contributed by atoms with Gasteiger partial charge in [0.25, 0.3) is 0 Å². The molecule has 0 bridgehead atoms. The lowest BCUT2D eigenvalue weighted by molar-refractivity contribution is -0.139. The number of nitrogens with one attached hydrogen (secondary N) is 2. The van der Waals surface area contributed by atoms with Crippen molar-refractivity contribution in [3.05, 3.63) is 35.9 Å². The highest BCUT2D eigenvalue weighted by Crippen LogP contribution is 2.24. The SMILES string of the molecule is Cl.NC1NNC(C(=O)O)C1c1ccccc1. The quantitative estimate of drug-likeness (QED) is 0.589. The van der Waals surface area contributed by atoms with Gasteiger partial charge in [0, 0.05) is 5.92 Å². The number of hydrogen-bond donors (Lipinski definition) is 4. The minimum absolute atomic E-state index is 0. The van der Waals surface area contributed by atoms with Gasteiger partial charge in [-0.15, -0.1) is 12.4 Å². The van der Waals surface area contributed by atoms with Gasteiger partial charge in [0.15, 0.2) is 0 Å². The van der Waals surface area contributed by atoms with E-state index in [0.717, 1.165) is 5.56 Å². The van der Waals surface area contributed by atoms with Gasteiger partial charge < -0.3 is 10.8 Å². The van der Waals surface area contributed by atoms with E-state index in [1.165, 1.54) is 0 Å². The molecule has 3 atom stereocenters. The molecule has 1 aliphatic heterocycles. The summed E-state index contributed by atoms with van der Waals surface area (Å²) in [6.07, 6.45) is -0.381. The number of aliphatic carboxylic acids is 1. The van der Waals surface area contributed by atoms with Gasteiger partial charge in [-0.05, 0) is 5.56 Å². The standard InChI is InChI=1S/C10H13N3O2.ClH/c11-9-7(6-4-2-1-3-5-6)8(10(14)15)12-13-9;/h1-5,7-9,12-13H,11H2,(H,14,15);1H. The molecule has 16 heavy (non-hydrogen) atoms. The van der Waals surface area contributed by atoms with Crippen molar-refractivity contribution in [3.63, 3.8) is 0 Å². The van der Waals surface area contributed by atoms with Gasteiger partial charge in [-0.3, -0.25) is 4.79 Å². The van der Waals surface area contributed by atoms with E-state index in [0.29, 0.717) is 0 Å². The minimum Gasteiger partial charge on any atom is -0.480 e. The van der Waals surface area contributed by atoms with Crippen molar-refractivity contribution in [2.24, 2.45) is 5.73 Å². The molecule has 1 aromatic rings. The predicted molar refractivity (Wildman–Crippen MR) is 62.1 cm³/mol. The lowest BCUT2D eigenvalue weighted by Gasteiger charge is -2.17. The molecule has 1 aromatic carbocycles. The summed E-state index contributed by atoms with van der Waals surface area (Å²) in [7, 11) is 0. The Morgan fingerprint density at radius 3 is 2.44 bits per heavy atom. The summed E-state index contributed by atoms with van der Waals surface area (Å²) >= 11 is 0. The van der Waals surface area contributed by atoms with Gasteiger partial charge in [-0.25, -0.2) is 10.9 Å². The van der Waals surface area contributed by atoms with E-state index in [4.69, 9.17) is 10.8 Å². The van der Waals surface area contributed by atoms with Gasteiger partial charge in [0.1, 0.15) is 6.04 Å². The van der Waals surface area contributed by atoms with E-state index in [-0.39, 0.29) is 24.5 Å². The molecule has 1 saturated heterocycles. The summed E-state index contributed by atoms with van der Waals surface area (Å²) in [4.78, 5) is 11.0. The van der Waals surface area contributed by atoms with Crippen molar-refractivity contribution in [1.29, 1.82) is 0 Å². The summed E-state index contributed by atoms with van der Waals surface area (Å²) in [6, 6.07) is 8.73. The first kappa shape index (κ1) is 12.9. The number of carboxylic acids is 1. The van der Waals surface area contributed by atoms with Crippen molar-refractivity contribution >= 4 is 18.4 Å². The van der Waals surface area contributed by atoms with E-state index in [1.807, 2.05) is 30.3 Å². The van der Waals surface area contributed by atoms with Gasteiger partial charge >= 0.3 is 5.97 Å².